The number of hydrogen-bond acceptors (Lipinski definition) is 5. The molecule has 0 aliphatic rings. The first-order valence-electron chi connectivity index (χ1n) is 8.17. The number of carbonyl (C=O) groups excluding carboxylic acids is 1. The molecule has 0 aliphatic carbocycles. The average molecular weight is 339 g/mol. The van der Waals surface area contributed by atoms with Crippen molar-refractivity contribution in [3.63, 3.8) is 0 Å². The van der Waals surface area contributed by atoms with Crippen molar-refractivity contribution < 1.29 is 9.32 Å². The van der Waals surface area contributed by atoms with Crippen molar-refractivity contribution in [3.8, 4) is 0 Å². The zero-order chi connectivity index (χ0) is 17.8. The van der Waals surface area contributed by atoms with E-state index in [2.05, 4.69) is 15.2 Å². The normalized spacial score (nSPS) is 11.0. The third kappa shape index (κ3) is 4.12. The van der Waals surface area contributed by atoms with Crippen LogP contribution in [0, 0.1) is 0 Å². The molecule has 130 valence electrons. The SMILES string of the molecule is CC(C)c1nc(CN(C)C(=O)c2cnn(Cc3ccccc3)c2)no1. The van der Waals surface area contributed by atoms with Gasteiger partial charge in [0, 0.05) is 19.2 Å². The van der Waals surface area contributed by atoms with Crippen molar-refractivity contribution in [2.24, 2.45) is 0 Å². The van der Waals surface area contributed by atoms with Gasteiger partial charge in [-0.1, -0.05) is 49.3 Å². The van der Waals surface area contributed by atoms with E-state index in [1.165, 1.54) is 0 Å². The highest BCUT2D eigenvalue weighted by Crippen LogP contribution is 2.13. The minimum atomic E-state index is -0.129. The van der Waals surface area contributed by atoms with Crippen LogP contribution in [0.3, 0.4) is 0 Å². The number of rotatable bonds is 6. The molecule has 0 saturated carbocycles. The molecule has 0 N–H and O–H groups in total. The fraction of sp³-hybridized carbons (Fsp3) is 0.333. The molecule has 1 aromatic carbocycles. The molecule has 0 bridgehead atoms. The summed E-state index contributed by atoms with van der Waals surface area (Å²) in [4.78, 5) is 18.4. The number of hydrogen-bond donors (Lipinski definition) is 0. The van der Waals surface area contributed by atoms with Gasteiger partial charge in [0.2, 0.25) is 5.89 Å². The molecule has 2 heterocycles. The molecular weight excluding hydrogens is 318 g/mol. The Morgan fingerprint density at radius 1 is 1.28 bits per heavy atom. The molecule has 0 unspecified atom stereocenters. The minimum Gasteiger partial charge on any atom is -0.339 e. The Morgan fingerprint density at radius 3 is 2.72 bits per heavy atom. The Balaban J connectivity index is 1.64. The lowest BCUT2D eigenvalue weighted by atomic mass is 10.2. The molecule has 0 radical (unpaired) electrons. The number of benzene rings is 1. The van der Waals surface area contributed by atoms with Crippen molar-refractivity contribution in [1.29, 1.82) is 0 Å². The zero-order valence-electron chi connectivity index (χ0n) is 14.6. The lowest BCUT2D eigenvalue weighted by Gasteiger charge is -2.13. The lowest BCUT2D eigenvalue weighted by molar-refractivity contribution is 0.0780. The number of amides is 1. The van der Waals surface area contributed by atoms with E-state index in [9.17, 15) is 4.79 Å². The highest BCUT2D eigenvalue weighted by Gasteiger charge is 2.17. The first kappa shape index (κ1) is 16.9. The summed E-state index contributed by atoms with van der Waals surface area (Å²) in [7, 11) is 1.71. The molecule has 7 nitrogen and oxygen atoms in total. The predicted octanol–water partition coefficient (Wildman–Crippen LogP) is 2.71. The van der Waals surface area contributed by atoms with Gasteiger partial charge in [0.25, 0.3) is 5.91 Å². The molecule has 1 amide bonds. The molecule has 25 heavy (non-hydrogen) atoms. The van der Waals surface area contributed by atoms with E-state index in [0.29, 0.717) is 30.4 Å². The molecule has 3 aromatic rings. The molecule has 0 aliphatic heterocycles. The van der Waals surface area contributed by atoms with Crippen LogP contribution in [0.25, 0.3) is 0 Å². The summed E-state index contributed by atoms with van der Waals surface area (Å²) in [5.41, 5.74) is 1.66. The summed E-state index contributed by atoms with van der Waals surface area (Å²) in [6.07, 6.45) is 3.33. The predicted molar refractivity (Wildman–Crippen MR) is 92.0 cm³/mol. The highest BCUT2D eigenvalue weighted by molar-refractivity contribution is 5.93. The van der Waals surface area contributed by atoms with Crippen LogP contribution in [0.15, 0.2) is 47.2 Å². The topological polar surface area (TPSA) is 77.1 Å². The Morgan fingerprint density at radius 2 is 2.04 bits per heavy atom. The van der Waals surface area contributed by atoms with Gasteiger partial charge in [-0.05, 0) is 5.56 Å². The van der Waals surface area contributed by atoms with Crippen LogP contribution in [0.1, 0.15) is 47.4 Å². The van der Waals surface area contributed by atoms with Gasteiger partial charge in [-0.15, -0.1) is 0 Å². The number of nitrogens with zero attached hydrogens (tertiary/aromatic N) is 5. The van der Waals surface area contributed by atoms with Gasteiger partial charge in [0.05, 0.1) is 24.8 Å². The molecule has 3 rings (SSSR count). The molecular formula is C18H21N5O2. The number of carbonyl (C=O) groups is 1. The van der Waals surface area contributed by atoms with Crippen LogP contribution >= 0.6 is 0 Å². The van der Waals surface area contributed by atoms with Gasteiger partial charge in [0.1, 0.15) is 0 Å². The fourth-order valence-corrected chi connectivity index (χ4v) is 2.40. The van der Waals surface area contributed by atoms with Crippen molar-refractivity contribution in [3.05, 3.63) is 65.6 Å². The van der Waals surface area contributed by atoms with Crippen molar-refractivity contribution in [2.45, 2.75) is 32.9 Å². The van der Waals surface area contributed by atoms with E-state index < -0.39 is 0 Å². The maximum absolute atomic E-state index is 12.5. The Kier molecular flexibility index (Phi) is 4.92. The van der Waals surface area contributed by atoms with Crippen LogP contribution in [-0.2, 0) is 13.1 Å². The van der Waals surface area contributed by atoms with Crippen LogP contribution < -0.4 is 0 Å². The van der Waals surface area contributed by atoms with Crippen LogP contribution in [0.4, 0.5) is 0 Å². The quantitative estimate of drug-likeness (QED) is 0.690. The van der Waals surface area contributed by atoms with Crippen LogP contribution in [0.2, 0.25) is 0 Å². The first-order valence-corrected chi connectivity index (χ1v) is 8.17. The Labute approximate surface area is 146 Å². The lowest BCUT2D eigenvalue weighted by Crippen LogP contribution is -2.26. The molecule has 0 atom stereocenters. The van der Waals surface area contributed by atoms with Gasteiger partial charge < -0.3 is 9.42 Å². The first-order chi connectivity index (χ1) is 12.0. The summed E-state index contributed by atoms with van der Waals surface area (Å²) in [6.45, 7) is 4.87. The summed E-state index contributed by atoms with van der Waals surface area (Å²) >= 11 is 0. The molecule has 0 spiro atoms. The summed E-state index contributed by atoms with van der Waals surface area (Å²) in [5, 5.41) is 8.18. The fourth-order valence-electron chi connectivity index (χ4n) is 2.40. The van der Waals surface area contributed by atoms with E-state index in [1.54, 1.807) is 29.0 Å². The van der Waals surface area contributed by atoms with Crippen LogP contribution in [-0.4, -0.2) is 37.8 Å². The standard InChI is InChI=1S/C18H21N5O2/c1-13(2)17-20-16(21-25-17)12-22(3)18(24)15-9-19-23(11-15)10-14-7-5-4-6-8-14/h4-9,11,13H,10,12H2,1-3H3. The maximum Gasteiger partial charge on any atom is 0.257 e. The number of aromatic nitrogens is 4. The zero-order valence-corrected chi connectivity index (χ0v) is 14.6. The van der Waals surface area contributed by atoms with Crippen molar-refractivity contribution >= 4 is 5.91 Å². The van der Waals surface area contributed by atoms with E-state index in [-0.39, 0.29) is 11.8 Å². The second-order valence-corrected chi connectivity index (χ2v) is 6.28. The highest BCUT2D eigenvalue weighted by atomic mass is 16.5. The summed E-state index contributed by atoms with van der Waals surface area (Å²) < 4.78 is 6.92. The van der Waals surface area contributed by atoms with Gasteiger partial charge in [0.15, 0.2) is 5.82 Å². The van der Waals surface area contributed by atoms with E-state index >= 15 is 0 Å². The van der Waals surface area contributed by atoms with Crippen molar-refractivity contribution in [1.82, 2.24) is 24.8 Å². The van der Waals surface area contributed by atoms with Gasteiger partial charge in [-0.2, -0.15) is 10.1 Å². The molecule has 0 saturated heterocycles. The molecule has 2 aromatic heterocycles. The third-order valence-corrected chi connectivity index (χ3v) is 3.77. The monoisotopic (exact) mass is 339 g/mol. The largest absolute Gasteiger partial charge is 0.339 e. The Bertz CT molecular complexity index is 838. The van der Waals surface area contributed by atoms with Crippen LogP contribution in [0.5, 0.6) is 0 Å². The third-order valence-electron chi connectivity index (χ3n) is 3.77. The van der Waals surface area contributed by atoms with Crippen molar-refractivity contribution in [2.75, 3.05) is 7.05 Å². The van der Waals surface area contributed by atoms with Gasteiger partial charge in [-0.25, -0.2) is 0 Å². The maximum atomic E-state index is 12.5. The minimum absolute atomic E-state index is 0.129. The van der Waals surface area contributed by atoms with Gasteiger partial charge in [-0.3, -0.25) is 9.48 Å². The van der Waals surface area contributed by atoms with E-state index in [4.69, 9.17) is 4.52 Å². The second-order valence-electron chi connectivity index (χ2n) is 6.28. The van der Waals surface area contributed by atoms with E-state index in [0.717, 1.165) is 5.56 Å². The summed E-state index contributed by atoms with van der Waals surface area (Å²) in [5.74, 6) is 1.11. The van der Waals surface area contributed by atoms with E-state index in [1.807, 2.05) is 44.2 Å². The summed E-state index contributed by atoms with van der Waals surface area (Å²) in [6, 6.07) is 9.98. The molecule has 0 fully saturated rings. The second kappa shape index (κ2) is 7.29. The average Bonchev–Trinajstić information content (AvgIpc) is 3.25. The Hall–Kier alpha value is -2.96. The van der Waals surface area contributed by atoms with Gasteiger partial charge >= 0.3 is 0 Å². The smallest absolute Gasteiger partial charge is 0.257 e. The molecule has 7 heteroatoms.